The van der Waals surface area contributed by atoms with Gasteiger partial charge in [0.25, 0.3) is 0 Å². The molecule has 0 saturated carbocycles. The second-order valence-corrected chi connectivity index (χ2v) is 12.9. The van der Waals surface area contributed by atoms with E-state index in [2.05, 4.69) is 20.2 Å². The third-order valence-electron chi connectivity index (χ3n) is 8.11. The fourth-order valence-electron chi connectivity index (χ4n) is 5.17. The number of epoxide rings is 1. The highest BCUT2D eigenvalue weighted by atomic mass is 35.5. The molecule has 0 amide bonds. The van der Waals surface area contributed by atoms with Crippen LogP contribution in [0.2, 0.25) is 10.0 Å². The van der Waals surface area contributed by atoms with E-state index in [1.807, 2.05) is 69.3 Å². The van der Waals surface area contributed by atoms with Crippen molar-refractivity contribution >= 4 is 23.2 Å². The maximum absolute atomic E-state index is 13.3. The Morgan fingerprint density at radius 3 is 2.11 bits per heavy atom. The van der Waals surface area contributed by atoms with Crippen LogP contribution in [-0.2, 0) is 29.8 Å². The van der Waals surface area contributed by atoms with Gasteiger partial charge in [-0.3, -0.25) is 4.68 Å². The molecule has 44 heavy (non-hydrogen) atoms. The molecule has 2 aromatic heterocycles. The number of aliphatic hydroxyl groups is 1. The zero-order chi connectivity index (χ0) is 31.4. The predicted octanol–water partition coefficient (Wildman–Crippen LogP) is 7.08. The number of aromatic nitrogens is 6. The van der Waals surface area contributed by atoms with E-state index in [-0.39, 0.29) is 17.3 Å². The molecule has 11 heteroatoms. The van der Waals surface area contributed by atoms with Crippen LogP contribution in [0.4, 0.5) is 4.39 Å². The van der Waals surface area contributed by atoms with E-state index in [4.69, 9.17) is 27.9 Å². The number of nitrogens with zero attached hydrogens (tertiary/aromatic N) is 6. The molecule has 3 aromatic carbocycles. The van der Waals surface area contributed by atoms with Crippen molar-refractivity contribution in [2.24, 2.45) is 5.41 Å². The molecule has 1 fully saturated rings. The van der Waals surface area contributed by atoms with Gasteiger partial charge in [0.05, 0.1) is 18.7 Å². The second-order valence-electron chi connectivity index (χ2n) is 12.0. The normalized spacial score (nSPS) is 19.1. The highest BCUT2D eigenvalue weighted by Gasteiger charge is 2.59. The van der Waals surface area contributed by atoms with Crippen molar-refractivity contribution in [2.75, 3.05) is 0 Å². The molecule has 0 radical (unpaired) electrons. The second kappa shape index (κ2) is 13.2. The van der Waals surface area contributed by atoms with E-state index < -0.39 is 11.2 Å². The molecule has 3 unspecified atom stereocenters. The first-order chi connectivity index (χ1) is 21.0. The summed E-state index contributed by atoms with van der Waals surface area (Å²) in [6.07, 6.45) is 7.48. The third kappa shape index (κ3) is 7.35. The Kier molecular flexibility index (Phi) is 9.51. The summed E-state index contributed by atoms with van der Waals surface area (Å²) in [6, 6.07) is 21.7. The Balaban J connectivity index is 0.000000176. The Labute approximate surface area is 266 Å². The van der Waals surface area contributed by atoms with Crippen molar-refractivity contribution in [1.29, 1.82) is 0 Å². The van der Waals surface area contributed by atoms with Gasteiger partial charge >= 0.3 is 0 Å². The van der Waals surface area contributed by atoms with Crippen LogP contribution in [0.3, 0.4) is 0 Å². The van der Waals surface area contributed by atoms with Gasteiger partial charge in [0, 0.05) is 15.6 Å². The van der Waals surface area contributed by atoms with E-state index >= 15 is 0 Å². The summed E-state index contributed by atoms with van der Waals surface area (Å²) in [5.41, 5.74) is 1.23. The Bertz CT molecular complexity index is 1630. The Morgan fingerprint density at radius 1 is 0.886 bits per heavy atom. The molecule has 8 nitrogen and oxygen atoms in total. The number of hydrogen-bond donors (Lipinski definition) is 1. The summed E-state index contributed by atoms with van der Waals surface area (Å²) in [4.78, 5) is 7.91. The minimum absolute atomic E-state index is 0.203. The average molecular weight is 638 g/mol. The highest BCUT2D eigenvalue weighted by Crippen LogP contribution is 2.59. The molecular formula is C33H35Cl2FN6O2. The van der Waals surface area contributed by atoms with Crippen molar-refractivity contribution in [3.63, 3.8) is 0 Å². The van der Waals surface area contributed by atoms with E-state index in [9.17, 15) is 9.50 Å². The molecule has 0 aliphatic carbocycles. The molecule has 5 aromatic rings. The van der Waals surface area contributed by atoms with Gasteiger partial charge in [-0.05, 0) is 59.7 Å². The van der Waals surface area contributed by atoms with Crippen LogP contribution in [0.15, 0.2) is 98.1 Å². The van der Waals surface area contributed by atoms with Gasteiger partial charge in [-0.15, -0.1) is 0 Å². The van der Waals surface area contributed by atoms with Gasteiger partial charge in [0.1, 0.15) is 42.8 Å². The first-order valence-electron chi connectivity index (χ1n) is 14.3. The zero-order valence-corrected chi connectivity index (χ0v) is 26.3. The SMILES string of the molecule is CC(C)(C)C(O)(CCc1ccc(Cl)cc1)Cn1cncn1.Fc1ccc(C2(Cn3cncn3)OC2c2ccccc2Cl)cc1. The number of halogens is 3. The number of aryl methyl sites for hydroxylation is 1. The molecule has 3 atom stereocenters. The van der Waals surface area contributed by atoms with Gasteiger partial charge in [0.15, 0.2) is 0 Å². The first kappa shape index (κ1) is 31.8. The Hall–Kier alpha value is -3.63. The van der Waals surface area contributed by atoms with Gasteiger partial charge in [-0.25, -0.2) is 19.0 Å². The van der Waals surface area contributed by atoms with Gasteiger partial charge in [0.2, 0.25) is 0 Å². The average Bonchev–Trinajstić information content (AvgIpc) is 3.31. The molecule has 0 spiro atoms. The number of rotatable bonds is 9. The minimum Gasteiger partial charge on any atom is -0.387 e. The number of benzene rings is 3. The summed E-state index contributed by atoms with van der Waals surface area (Å²) in [5.74, 6) is -0.278. The Morgan fingerprint density at radius 2 is 1.52 bits per heavy atom. The van der Waals surface area contributed by atoms with Crippen molar-refractivity contribution < 1.29 is 14.2 Å². The molecule has 230 valence electrons. The summed E-state index contributed by atoms with van der Waals surface area (Å²) in [5, 5.41) is 20.8. The van der Waals surface area contributed by atoms with Gasteiger partial charge < -0.3 is 9.84 Å². The molecular weight excluding hydrogens is 602 g/mol. The molecule has 0 bridgehead atoms. The van der Waals surface area contributed by atoms with Crippen molar-refractivity contribution in [3.05, 3.63) is 131 Å². The largest absolute Gasteiger partial charge is 0.387 e. The van der Waals surface area contributed by atoms with Crippen LogP contribution in [0, 0.1) is 11.2 Å². The highest BCUT2D eigenvalue weighted by molar-refractivity contribution is 6.31. The maximum atomic E-state index is 13.3. The molecule has 1 saturated heterocycles. The lowest BCUT2D eigenvalue weighted by atomic mass is 9.73. The topological polar surface area (TPSA) is 94.2 Å². The van der Waals surface area contributed by atoms with Crippen LogP contribution in [0.1, 0.15) is 50.0 Å². The van der Waals surface area contributed by atoms with Gasteiger partial charge in [-0.1, -0.05) is 86.4 Å². The number of hydrogen-bond acceptors (Lipinski definition) is 6. The summed E-state index contributed by atoms with van der Waals surface area (Å²) < 4.78 is 22.7. The van der Waals surface area contributed by atoms with E-state index in [0.717, 1.165) is 22.6 Å². The lowest BCUT2D eigenvalue weighted by molar-refractivity contribution is -0.0796. The smallest absolute Gasteiger partial charge is 0.144 e. The van der Waals surface area contributed by atoms with Crippen LogP contribution < -0.4 is 0 Å². The van der Waals surface area contributed by atoms with Crippen LogP contribution in [-0.4, -0.2) is 40.2 Å². The lowest BCUT2D eigenvalue weighted by Gasteiger charge is -2.40. The standard InChI is InChI=1S/C17H13ClFN3O.C16H22ClN3O/c18-15-4-2-1-3-14(15)16-17(23-16,9-22-11-20-10-21-22)12-5-7-13(19)8-6-12;1-15(2,3)16(21,10-20-12-18-11-19-20)9-8-13-4-6-14(17)7-5-13/h1-8,10-11,16H,9H2;4-7,11-12,21H,8-10H2,1-3H3. The van der Waals surface area contributed by atoms with E-state index in [1.165, 1.54) is 30.4 Å². The summed E-state index contributed by atoms with van der Waals surface area (Å²) in [6.45, 7) is 7.06. The molecule has 3 heterocycles. The monoisotopic (exact) mass is 636 g/mol. The quantitative estimate of drug-likeness (QED) is 0.174. The maximum Gasteiger partial charge on any atom is 0.144 e. The summed E-state index contributed by atoms with van der Waals surface area (Å²) in [7, 11) is 0. The predicted molar refractivity (Wildman–Crippen MR) is 168 cm³/mol. The first-order valence-corrected chi connectivity index (χ1v) is 15.0. The van der Waals surface area contributed by atoms with E-state index in [1.54, 1.807) is 34.2 Å². The van der Waals surface area contributed by atoms with Crippen LogP contribution in [0.5, 0.6) is 0 Å². The molecule has 1 aliphatic rings. The van der Waals surface area contributed by atoms with Gasteiger partial charge in [-0.2, -0.15) is 10.2 Å². The van der Waals surface area contributed by atoms with Crippen molar-refractivity contribution in [1.82, 2.24) is 29.5 Å². The minimum atomic E-state index is -0.861. The fourth-order valence-corrected chi connectivity index (χ4v) is 5.53. The third-order valence-corrected chi connectivity index (χ3v) is 8.70. The van der Waals surface area contributed by atoms with Crippen LogP contribution in [0.25, 0.3) is 0 Å². The molecule has 1 N–H and O–H groups in total. The van der Waals surface area contributed by atoms with Crippen molar-refractivity contribution in [3.8, 4) is 0 Å². The summed E-state index contributed by atoms with van der Waals surface area (Å²) >= 11 is 12.2. The van der Waals surface area contributed by atoms with Crippen LogP contribution >= 0.6 is 23.2 Å². The zero-order valence-electron chi connectivity index (χ0n) is 24.8. The molecule has 1 aliphatic heterocycles. The molecule has 6 rings (SSSR count). The lowest BCUT2D eigenvalue weighted by Crippen LogP contribution is -2.47. The fraction of sp³-hybridized carbons (Fsp3) is 0.333. The number of ether oxygens (including phenoxy) is 1. The van der Waals surface area contributed by atoms with E-state index in [0.29, 0.717) is 24.5 Å². The van der Waals surface area contributed by atoms with Crippen molar-refractivity contribution in [2.45, 2.75) is 64.0 Å².